The zero-order chi connectivity index (χ0) is 20.5. The number of amides is 1. The third-order valence-corrected chi connectivity index (χ3v) is 4.04. The molecule has 0 bridgehead atoms. The number of nitrogens with one attached hydrogen (secondary N) is 1. The summed E-state index contributed by atoms with van der Waals surface area (Å²) in [4.78, 5) is 12.3. The molecule has 0 saturated carbocycles. The first kappa shape index (κ1) is 21.4. The summed E-state index contributed by atoms with van der Waals surface area (Å²) in [6.45, 7) is 8.36. The van der Waals surface area contributed by atoms with Crippen molar-refractivity contribution in [2.75, 3.05) is 13.7 Å². The Morgan fingerprint density at radius 1 is 1.07 bits per heavy atom. The summed E-state index contributed by atoms with van der Waals surface area (Å²) in [7, 11) is 1.61. The molecule has 0 fully saturated rings. The second-order valence-corrected chi connectivity index (χ2v) is 6.61. The molecule has 2 aromatic carbocycles. The first-order chi connectivity index (χ1) is 13.4. The van der Waals surface area contributed by atoms with Gasteiger partial charge in [-0.15, -0.1) is 0 Å². The molecule has 0 heterocycles. The highest BCUT2D eigenvalue weighted by molar-refractivity contribution is 5.92. The molecule has 1 amide bonds. The van der Waals surface area contributed by atoms with E-state index in [0.29, 0.717) is 18.1 Å². The van der Waals surface area contributed by atoms with Gasteiger partial charge in [0.2, 0.25) is 5.91 Å². The van der Waals surface area contributed by atoms with Gasteiger partial charge in [0.15, 0.2) is 11.5 Å². The molecule has 0 aromatic heterocycles. The van der Waals surface area contributed by atoms with Crippen molar-refractivity contribution in [2.45, 2.75) is 39.8 Å². The Bertz CT molecular complexity index is 814. The van der Waals surface area contributed by atoms with Gasteiger partial charge in [0, 0.05) is 11.6 Å². The molecule has 1 N–H and O–H groups in total. The van der Waals surface area contributed by atoms with E-state index in [-0.39, 0.29) is 18.1 Å². The lowest BCUT2D eigenvalue weighted by Gasteiger charge is -2.17. The molecular weight excluding hydrogens is 354 g/mol. The number of para-hydroxylation sites is 1. The van der Waals surface area contributed by atoms with Gasteiger partial charge >= 0.3 is 0 Å². The fourth-order valence-corrected chi connectivity index (χ4v) is 2.72. The minimum absolute atomic E-state index is 0.0570. The first-order valence-electron chi connectivity index (χ1n) is 9.49. The Labute approximate surface area is 167 Å². The van der Waals surface area contributed by atoms with Gasteiger partial charge < -0.3 is 19.5 Å². The van der Waals surface area contributed by atoms with E-state index in [4.69, 9.17) is 14.2 Å². The summed E-state index contributed by atoms with van der Waals surface area (Å²) < 4.78 is 16.7. The van der Waals surface area contributed by atoms with Crippen molar-refractivity contribution >= 4 is 12.0 Å². The van der Waals surface area contributed by atoms with Gasteiger partial charge in [0.05, 0.1) is 25.9 Å². The molecule has 0 spiro atoms. The maximum Gasteiger partial charge on any atom is 0.244 e. The van der Waals surface area contributed by atoms with E-state index in [1.807, 2.05) is 70.2 Å². The summed E-state index contributed by atoms with van der Waals surface area (Å²) in [6.07, 6.45) is 3.33. The predicted molar refractivity (Wildman–Crippen MR) is 112 cm³/mol. The highest BCUT2D eigenvalue weighted by Crippen LogP contribution is 2.31. The van der Waals surface area contributed by atoms with E-state index in [0.717, 1.165) is 16.9 Å². The third kappa shape index (κ3) is 6.05. The van der Waals surface area contributed by atoms with Crippen LogP contribution in [0.25, 0.3) is 6.08 Å². The number of rotatable bonds is 9. The second-order valence-electron chi connectivity index (χ2n) is 6.61. The van der Waals surface area contributed by atoms with Crippen LogP contribution in [0.4, 0.5) is 0 Å². The van der Waals surface area contributed by atoms with Crippen LogP contribution in [0.5, 0.6) is 17.2 Å². The predicted octanol–water partition coefficient (Wildman–Crippen LogP) is 4.77. The molecule has 0 aliphatic heterocycles. The molecule has 5 heteroatoms. The fourth-order valence-electron chi connectivity index (χ4n) is 2.72. The molecule has 0 aliphatic rings. The van der Waals surface area contributed by atoms with Gasteiger partial charge in [0.1, 0.15) is 5.75 Å². The van der Waals surface area contributed by atoms with Gasteiger partial charge in [0.25, 0.3) is 0 Å². The Balaban J connectivity index is 2.06. The molecule has 0 aliphatic carbocycles. The van der Waals surface area contributed by atoms with Crippen molar-refractivity contribution in [3.05, 3.63) is 59.7 Å². The van der Waals surface area contributed by atoms with Crippen LogP contribution in [-0.4, -0.2) is 25.7 Å². The Kier molecular flexibility index (Phi) is 7.93. The number of ether oxygens (including phenoxy) is 3. The third-order valence-electron chi connectivity index (χ3n) is 4.04. The zero-order valence-corrected chi connectivity index (χ0v) is 17.2. The standard InChI is InChI=1S/C23H29NO4/c1-6-27-20-10-8-7-9-18(20)12-14-23(25)24-17(4)19-11-13-21(28-16(2)3)22(15-19)26-5/h7-17H,6H2,1-5H3,(H,24,25)/b14-12+. The lowest BCUT2D eigenvalue weighted by molar-refractivity contribution is -0.117. The van der Waals surface area contributed by atoms with E-state index < -0.39 is 0 Å². The lowest BCUT2D eigenvalue weighted by atomic mass is 10.1. The fraction of sp³-hybridized carbons (Fsp3) is 0.348. The summed E-state index contributed by atoms with van der Waals surface area (Å²) in [5.74, 6) is 1.91. The van der Waals surface area contributed by atoms with Gasteiger partial charge in [-0.1, -0.05) is 24.3 Å². The number of carbonyl (C=O) groups excluding carboxylic acids is 1. The first-order valence-corrected chi connectivity index (χ1v) is 9.49. The lowest BCUT2D eigenvalue weighted by Crippen LogP contribution is -2.24. The minimum Gasteiger partial charge on any atom is -0.493 e. The van der Waals surface area contributed by atoms with Crippen molar-refractivity contribution < 1.29 is 19.0 Å². The van der Waals surface area contributed by atoms with E-state index in [9.17, 15) is 4.79 Å². The molecule has 1 unspecified atom stereocenters. The van der Waals surface area contributed by atoms with E-state index in [1.54, 1.807) is 13.2 Å². The average Bonchev–Trinajstić information content (AvgIpc) is 2.67. The summed E-state index contributed by atoms with van der Waals surface area (Å²) in [5.41, 5.74) is 1.80. The minimum atomic E-state index is -0.180. The number of methoxy groups -OCH3 is 1. The summed E-state index contributed by atoms with van der Waals surface area (Å²) >= 11 is 0. The molecule has 150 valence electrons. The summed E-state index contributed by atoms with van der Waals surface area (Å²) in [6, 6.07) is 13.1. The Morgan fingerprint density at radius 2 is 1.82 bits per heavy atom. The number of benzene rings is 2. The van der Waals surface area contributed by atoms with Gasteiger partial charge in [-0.25, -0.2) is 0 Å². The van der Waals surface area contributed by atoms with E-state index in [2.05, 4.69) is 5.32 Å². The van der Waals surface area contributed by atoms with Gasteiger partial charge in [-0.3, -0.25) is 4.79 Å². The van der Waals surface area contributed by atoms with Crippen LogP contribution in [0.2, 0.25) is 0 Å². The van der Waals surface area contributed by atoms with Crippen LogP contribution in [-0.2, 0) is 4.79 Å². The van der Waals surface area contributed by atoms with Crippen molar-refractivity contribution in [1.82, 2.24) is 5.32 Å². The van der Waals surface area contributed by atoms with Crippen LogP contribution < -0.4 is 19.5 Å². The van der Waals surface area contributed by atoms with Crippen LogP contribution in [0, 0.1) is 0 Å². The van der Waals surface area contributed by atoms with Crippen LogP contribution in [0.3, 0.4) is 0 Å². The van der Waals surface area contributed by atoms with Crippen molar-refractivity contribution in [3.63, 3.8) is 0 Å². The Morgan fingerprint density at radius 3 is 2.50 bits per heavy atom. The van der Waals surface area contributed by atoms with Gasteiger partial charge in [-0.05, 0) is 57.5 Å². The second kappa shape index (κ2) is 10.4. The normalized spacial score (nSPS) is 12.1. The topological polar surface area (TPSA) is 56.8 Å². The molecule has 1 atom stereocenters. The number of hydrogen-bond acceptors (Lipinski definition) is 4. The molecule has 0 saturated heterocycles. The van der Waals surface area contributed by atoms with Gasteiger partial charge in [-0.2, -0.15) is 0 Å². The number of hydrogen-bond donors (Lipinski definition) is 1. The summed E-state index contributed by atoms with van der Waals surface area (Å²) in [5, 5.41) is 2.97. The monoisotopic (exact) mass is 383 g/mol. The Hall–Kier alpha value is -2.95. The maximum atomic E-state index is 12.3. The number of carbonyl (C=O) groups is 1. The quantitative estimate of drug-likeness (QED) is 0.634. The van der Waals surface area contributed by atoms with E-state index in [1.165, 1.54) is 6.08 Å². The van der Waals surface area contributed by atoms with Crippen LogP contribution in [0.15, 0.2) is 48.5 Å². The SMILES string of the molecule is CCOc1ccccc1/C=C/C(=O)NC(C)c1ccc(OC(C)C)c(OC)c1. The molecular formula is C23H29NO4. The average molecular weight is 383 g/mol. The molecule has 0 radical (unpaired) electrons. The molecule has 5 nitrogen and oxygen atoms in total. The maximum absolute atomic E-state index is 12.3. The van der Waals surface area contributed by atoms with E-state index >= 15 is 0 Å². The van der Waals surface area contributed by atoms with Crippen LogP contribution >= 0.6 is 0 Å². The van der Waals surface area contributed by atoms with Crippen LogP contribution in [0.1, 0.15) is 44.9 Å². The smallest absolute Gasteiger partial charge is 0.244 e. The molecule has 28 heavy (non-hydrogen) atoms. The van der Waals surface area contributed by atoms with Crippen molar-refractivity contribution in [3.8, 4) is 17.2 Å². The molecule has 2 aromatic rings. The highest BCUT2D eigenvalue weighted by Gasteiger charge is 2.13. The zero-order valence-electron chi connectivity index (χ0n) is 17.2. The largest absolute Gasteiger partial charge is 0.493 e. The highest BCUT2D eigenvalue weighted by atomic mass is 16.5. The molecule has 2 rings (SSSR count). The van der Waals surface area contributed by atoms with Crippen molar-refractivity contribution in [1.29, 1.82) is 0 Å². The van der Waals surface area contributed by atoms with Crippen molar-refractivity contribution in [2.24, 2.45) is 0 Å².